The molecule has 4 N–H and O–H groups in total. The predicted molar refractivity (Wildman–Crippen MR) is 67.2 cm³/mol. The van der Waals surface area contributed by atoms with E-state index in [0.29, 0.717) is 0 Å². The fourth-order valence-electron chi connectivity index (χ4n) is 1.27. The van der Waals surface area contributed by atoms with Gasteiger partial charge in [-0.1, -0.05) is 11.6 Å². The summed E-state index contributed by atoms with van der Waals surface area (Å²) in [5, 5.41) is 16.9. The quantitative estimate of drug-likeness (QED) is 0.753. The van der Waals surface area contributed by atoms with Gasteiger partial charge in [0.2, 0.25) is 10.0 Å². The summed E-state index contributed by atoms with van der Waals surface area (Å²) in [5.41, 5.74) is 0.151. The van der Waals surface area contributed by atoms with E-state index in [4.69, 9.17) is 16.7 Å². The maximum Gasteiger partial charge on any atom is 0.277 e. The lowest BCUT2D eigenvalue weighted by Crippen LogP contribution is -2.15. The molecule has 0 aliphatic heterocycles. The summed E-state index contributed by atoms with van der Waals surface area (Å²) in [5.74, 6) is -0.581. The van der Waals surface area contributed by atoms with E-state index in [1.807, 2.05) is 0 Å². The van der Waals surface area contributed by atoms with Gasteiger partial charge >= 0.3 is 0 Å². The molecule has 1 aromatic carbocycles. The van der Waals surface area contributed by atoms with Crippen LogP contribution in [0, 0.1) is 0 Å². The maximum atomic E-state index is 11.7. The van der Waals surface area contributed by atoms with Crippen LogP contribution in [0.3, 0.4) is 0 Å². The van der Waals surface area contributed by atoms with Gasteiger partial charge in [0.25, 0.3) is 5.91 Å². The molecule has 0 bridgehead atoms. The van der Waals surface area contributed by atoms with Gasteiger partial charge in [-0.3, -0.25) is 4.79 Å². The van der Waals surface area contributed by atoms with Gasteiger partial charge in [-0.15, -0.1) is 0 Å². The smallest absolute Gasteiger partial charge is 0.277 e. The Bertz CT molecular complexity index is 713. The van der Waals surface area contributed by atoms with E-state index < -0.39 is 15.9 Å². The largest absolute Gasteiger partial charge is 0.319 e. The number of rotatable bonds is 3. The second-order valence-electron chi connectivity index (χ2n) is 3.50. The molecule has 0 aliphatic rings. The highest BCUT2D eigenvalue weighted by molar-refractivity contribution is 7.89. The van der Waals surface area contributed by atoms with Crippen molar-refractivity contribution in [3.05, 3.63) is 35.1 Å². The number of primary sulfonamides is 1. The van der Waals surface area contributed by atoms with Crippen molar-refractivity contribution in [3.63, 3.8) is 0 Å². The highest BCUT2D eigenvalue weighted by Gasteiger charge is 2.14. The molecule has 8 nitrogen and oxygen atoms in total. The van der Waals surface area contributed by atoms with Crippen LogP contribution in [-0.4, -0.2) is 29.7 Å². The second-order valence-corrected chi connectivity index (χ2v) is 5.46. The lowest BCUT2D eigenvalue weighted by molar-refractivity contribution is 0.102. The van der Waals surface area contributed by atoms with E-state index in [1.54, 1.807) is 0 Å². The zero-order valence-electron chi connectivity index (χ0n) is 9.29. The number of nitrogens with two attached hydrogens (primary N) is 1. The number of sulfonamides is 1. The fourth-order valence-corrected chi connectivity index (χ4v) is 1.98. The molecule has 0 unspecified atom stereocenters. The Morgan fingerprint density at radius 3 is 2.74 bits per heavy atom. The summed E-state index contributed by atoms with van der Waals surface area (Å²) in [6.07, 6.45) is 1.22. The van der Waals surface area contributed by atoms with Crippen LogP contribution < -0.4 is 10.5 Å². The van der Waals surface area contributed by atoms with Crippen LogP contribution in [0.15, 0.2) is 29.3 Å². The minimum absolute atomic E-state index is 0.0390. The monoisotopic (exact) mass is 301 g/mol. The zero-order valence-corrected chi connectivity index (χ0v) is 10.9. The van der Waals surface area contributed by atoms with Crippen molar-refractivity contribution in [2.45, 2.75) is 4.90 Å². The van der Waals surface area contributed by atoms with Crippen molar-refractivity contribution in [1.29, 1.82) is 0 Å². The van der Waals surface area contributed by atoms with E-state index in [1.165, 1.54) is 18.3 Å². The Morgan fingerprint density at radius 2 is 2.16 bits per heavy atom. The van der Waals surface area contributed by atoms with E-state index in [-0.39, 0.29) is 21.3 Å². The van der Waals surface area contributed by atoms with Crippen LogP contribution in [0.4, 0.5) is 5.69 Å². The van der Waals surface area contributed by atoms with E-state index in [0.717, 1.165) is 6.07 Å². The van der Waals surface area contributed by atoms with Crippen LogP contribution in [0.25, 0.3) is 0 Å². The van der Waals surface area contributed by atoms with Crippen LogP contribution in [-0.2, 0) is 10.0 Å². The molecule has 10 heteroatoms. The zero-order chi connectivity index (χ0) is 14.0. The molecule has 2 rings (SSSR count). The Morgan fingerprint density at radius 1 is 1.42 bits per heavy atom. The lowest BCUT2D eigenvalue weighted by atomic mass is 10.3. The molecule has 0 radical (unpaired) electrons. The number of anilines is 1. The maximum absolute atomic E-state index is 11.7. The Hall–Kier alpha value is -1.97. The molecule has 0 spiro atoms. The number of aromatic amines is 1. The fraction of sp³-hybridized carbons (Fsp3) is 0. The molecule has 1 amide bonds. The SMILES string of the molecule is NS(=O)(=O)c1ccc(Cl)c(NC(=O)c2cn[nH]n2)c1. The summed E-state index contributed by atoms with van der Waals surface area (Å²) in [6, 6.07) is 3.72. The summed E-state index contributed by atoms with van der Waals surface area (Å²) < 4.78 is 22.4. The Kier molecular flexibility index (Phi) is 3.51. The van der Waals surface area contributed by atoms with E-state index >= 15 is 0 Å². The van der Waals surface area contributed by atoms with Crippen molar-refractivity contribution in [3.8, 4) is 0 Å². The molecular formula is C9H8ClN5O3S. The number of nitrogens with zero attached hydrogens (tertiary/aromatic N) is 2. The molecule has 0 aliphatic carbocycles. The first-order chi connectivity index (χ1) is 8.88. The predicted octanol–water partition coefficient (Wildman–Crippen LogP) is 0.358. The number of carbonyl (C=O) groups excluding carboxylic acids is 1. The summed E-state index contributed by atoms with van der Waals surface area (Å²) in [6.45, 7) is 0. The highest BCUT2D eigenvalue weighted by Crippen LogP contribution is 2.25. The number of nitrogens with one attached hydrogen (secondary N) is 2. The number of halogens is 1. The minimum atomic E-state index is -3.88. The first-order valence-electron chi connectivity index (χ1n) is 4.87. The molecule has 100 valence electrons. The number of amides is 1. The van der Waals surface area contributed by atoms with E-state index in [2.05, 4.69) is 20.7 Å². The average Bonchev–Trinajstić information content (AvgIpc) is 2.84. The minimum Gasteiger partial charge on any atom is -0.319 e. The third-order valence-electron chi connectivity index (χ3n) is 2.16. The van der Waals surface area contributed by atoms with Crippen molar-refractivity contribution >= 4 is 33.2 Å². The molecule has 0 fully saturated rings. The third kappa shape index (κ3) is 3.08. The van der Waals surface area contributed by atoms with Gasteiger partial charge in [-0.25, -0.2) is 13.6 Å². The van der Waals surface area contributed by atoms with E-state index in [9.17, 15) is 13.2 Å². The number of H-pyrrole nitrogens is 1. The van der Waals surface area contributed by atoms with Gasteiger partial charge in [0.1, 0.15) is 0 Å². The van der Waals surface area contributed by atoms with Crippen LogP contribution >= 0.6 is 11.6 Å². The number of carbonyl (C=O) groups is 1. The Labute approximate surface area is 113 Å². The highest BCUT2D eigenvalue weighted by atomic mass is 35.5. The van der Waals surface area contributed by atoms with Gasteiger partial charge in [0.05, 0.1) is 21.8 Å². The molecule has 0 saturated heterocycles. The summed E-state index contributed by atoms with van der Waals surface area (Å²) in [4.78, 5) is 11.6. The topological polar surface area (TPSA) is 131 Å². The van der Waals surface area contributed by atoms with Gasteiger partial charge < -0.3 is 5.32 Å². The van der Waals surface area contributed by atoms with Crippen LogP contribution in [0.1, 0.15) is 10.5 Å². The molecule has 1 aromatic heterocycles. The van der Waals surface area contributed by atoms with Crippen molar-refractivity contribution in [2.75, 3.05) is 5.32 Å². The first-order valence-corrected chi connectivity index (χ1v) is 6.80. The molecule has 1 heterocycles. The molecule has 2 aromatic rings. The summed E-state index contributed by atoms with van der Waals surface area (Å²) >= 11 is 5.86. The summed E-state index contributed by atoms with van der Waals surface area (Å²) in [7, 11) is -3.88. The Balaban J connectivity index is 2.32. The average molecular weight is 302 g/mol. The molecule has 19 heavy (non-hydrogen) atoms. The normalized spacial score (nSPS) is 11.3. The van der Waals surface area contributed by atoms with Crippen molar-refractivity contribution in [2.24, 2.45) is 5.14 Å². The molecule has 0 atom stereocenters. The first kappa shape index (κ1) is 13.5. The number of hydrogen-bond donors (Lipinski definition) is 3. The molecule has 0 saturated carbocycles. The number of hydrogen-bond acceptors (Lipinski definition) is 5. The number of benzene rings is 1. The van der Waals surface area contributed by atoms with Crippen molar-refractivity contribution < 1.29 is 13.2 Å². The lowest BCUT2D eigenvalue weighted by Gasteiger charge is -2.07. The standard InChI is InChI=1S/C9H8ClN5O3S/c10-6-2-1-5(19(11,17)18)3-7(6)13-9(16)8-4-12-15-14-8/h1-4H,(H,13,16)(H2,11,17,18)(H,12,14,15). The number of aromatic nitrogens is 3. The third-order valence-corrected chi connectivity index (χ3v) is 3.40. The van der Waals surface area contributed by atoms with Gasteiger partial charge in [-0.2, -0.15) is 15.4 Å². The van der Waals surface area contributed by atoms with Gasteiger partial charge in [0.15, 0.2) is 5.69 Å². The molecular weight excluding hydrogens is 294 g/mol. The van der Waals surface area contributed by atoms with Crippen LogP contribution in [0.2, 0.25) is 5.02 Å². The van der Waals surface area contributed by atoms with Crippen LogP contribution in [0.5, 0.6) is 0 Å². The van der Waals surface area contributed by atoms with Gasteiger partial charge in [0, 0.05) is 0 Å². The van der Waals surface area contributed by atoms with Gasteiger partial charge in [-0.05, 0) is 18.2 Å². The second kappa shape index (κ2) is 4.96. The van der Waals surface area contributed by atoms with Crippen molar-refractivity contribution in [1.82, 2.24) is 15.4 Å².